The smallest absolute Gasteiger partial charge is 0.146 e. The molecule has 0 N–H and O–H groups in total. The molecule has 0 bridgehead atoms. The summed E-state index contributed by atoms with van der Waals surface area (Å²) >= 11 is 1.62. The molecule has 0 amide bonds. The third-order valence-corrected chi connectivity index (χ3v) is 7.83. The topological polar surface area (TPSA) is 47.3 Å². The number of rotatable bonds is 3. The Bertz CT molecular complexity index is 1230. The lowest BCUT2D eigenvalue weighted by Gasteiger charge is -2.12. The molecule has 4 nitrogen and oxygen atoms in total. The van der Waals surface area contributed by atoms with Crippen molar-refractivity contribution < 1.29 is 4.21 Å². The highest BCUT2D eigenvalue weighted by Crippen LogP contribution is 2.37. The number of fused-ring (bicyclic) bond motifs is 2. The van der Waals surface area contributed by atoms with E-state index in [1.165, 1.54) is 16.7 Å². The molecule has 4 rings (SSSR count). The van der Waals surface area contributed by atoms with Gasteiger partial charge < -0.3 is 0 Å². The monoisotopic (exact) mass is 397 g/mol. The maximum atomic E-state index is 13.0. The second-order valence-electron chi connectivity index (χ2n) is 7.02. The van der Waals surface area contributed by atoms with E-state index in [0.29, 0.717) is 5.75 Å². The Morgan fingerprint density at radius 1 is 1.07 bits per heavy atom. The summed E-state index contributed by atoms with van der Waals surface area (Å²) in [5.74, 6) is 0.559. The van der Waals surface area contributed by atoms with E-state index in [4.69, 9.17) is 10.1 Å². The summed E-state index contributed by atoms with van der Waals surface area (Å²) in [6, 6.07) is 6.29. The van der Waals surface area contributed by atoms with Gasteiger partial charge in [0.2, 0.25) is 0 Å². The summed E-state index contributed by atoms with van der Waals surface area (Å²) < 4.78 is 16.1. The second kappa shape index (κ2) is 6.53. The molecule has 1 aromatic carbocycles. The highest BCUT2D eigenvalue weighted by Gasteiger charge is 2.25. The highest BCUT2D eigenvalue weighted by atomic mass is 32.2. The Balaban J connectivity index is 2.11. The number of aryl methyl sites for hydroxylation is 3. The minimum absolute atomic E-state index is 0.559. The number of nitrogens with zero attached hydrogens (tertiary/aromatic N) is 3. The summed E-state index contributed by atoms with van der Waals surface area (Å²) in [6.45, 7) is 12.4. The molecule has 6 heteroatoms. The van der Waals surface area contributed by atoms with E-state index in [9.17, 15) is 4.21 Å². The number of hydrogen-bond donors (Lipinski definition) is 0. The Hall–Kier alpha value is -2.05. The molecule has 0 spiro atoms. The first kappa shape index (κ1) is 18.3. The van der Waals surface area contributed by atoms with Crippen LogP contribution < -0.4 is 0 Å². The maximum Gasteiger partial charge on any atom is 0.146 e. The van der Waals surface area contributed by atoms with Gasteiger partial charge in [-0.05, 0) is 69.0 Å². The molecule has 1 unspecified atom stereocenters. The van der Waals surface area contributed by atoms with E-state index < -0.39 is 10.8 Å². The fraction of sp³-hybridized carbons (Fsp3) is 0.333. The molecule has 0 aliphatic rings. The van der Waals surface area contributed by atoms with Crippen molar-refractivity contribution in [2.45, 2.75) is 46.4 Å². The summed E-state index contributed by atoms with van der Waals surface area (Å²) in [6.07, 6.45) is 0. The first-order chi connectivity index (χ1) is 12.8. The predicted octanol–water partition coefficient (Wildman–Crippen LogP) is 5.28. The zero-order chi connectivity index (χ0) is 19.5. The van der Waals surface area contributed by atoms with Gasteiger partial charge in [0.15, 0.2) is 0 Å². The van der Waals surface area contributed by atoms with Crippen molar-refractivity contribution in [2.24, 2.45) is 0 Å². The molecule has 0 aliphatic heterocycles. The van der Waals surface area contributed by atoms with E-state index in [2.05, 4.69) is 52.8 Å². The number of benzene rings is 1. The Morgan fingerprint density at radius 2 is 1.81 bits per heavy atom. The van der Waals surface area contributed by atoms with Crippen LogP contribution in [-0.4, -0.2) is 24.6 Å². The van der Waals surface area contributed by atoms with Gasteiger partial charge in [-0.15, -0.1) is 11.3 Å². The molecule has 0 saturated carbocycles. The Kier molecular flexibility index (Phi) is 4.43. The van der Waals surface area contributed by atoms with Gasteiger partial charge in [-0.1, -0.05) is 13.0 Å². The molecule has 3 heterocycles. The predicted molar refractivity (Wildman–Crippen MR) is 114 cm³/mol. The second-order valence-corrected chi connectivity index (χ2v) is 9.73. The minimum atomic E-state index is -1.12. The largest absolute Gasteiger partial charge is 0.254 e. The summed E-state index contributed by atoms with van der Waals surface area (Å²) in [4.78, 5) is 5.65. The van der Waals surface area contributed by atoms with E-state index in [1.807, 2.05) is 11.4 Å². The minimum Gasteiger partial charge on any atom is -0.254 e. The molecular weight excluding hydrogens is 374 g/mol. The lowest BCUT2D eigenvalue weighted by atomic mass is 10.0. The standard InChI is InChI=1S/C21H23N3OS2/c1-7-27(25)20-18(21-22-16-10-11(2)8-9-17(16)26-21)23-24-15(6)13(4)12(3)14(5)19(20)24/h8-10H,7H2,1-6H3. The average Bonchev–Trinajstić information content (AvgIpc) is 3.25. The fourth-order valence-electron chi connectivity index (χ4n) is 3.50. The number of thiazole rings is 1. The molecule has 0 radical (unpaired) electrons. The highest BCUT2D eigenvalue weighted by molar-refractivity contribution is 7.85. The lowest BCUT2D eigenvalue weighted by molar-refractivity contribution is 0.684. The zero-order valence-corrected chi connectivity index (χ0v) is 18.1. The van der Waals surface area contributed by atoms with E-state index >= 15 is 0 Å². The van der Waals surface area contributed by atoms with Crippen LogP contribution in [0.5, 0.6) is 0 Å². The SMILES string of the molecule is CCS(=O)c1c(-c2nc3cc(C)ccc3s2)nn2c(C)c(C)c(C)c(C)c12. The van der Waals surface area contributed by atoms with Gasteiger partial charge in [0, 0.05) is 11.4 Å². The number of hydrogen-bond acceptors (Lipinski definition) is 4. The summed E-state index contributed by atoms with van der Waals surface area (Å²) in [7, 11) is -1.12. The van der Waals surface area contributed by atoms with Crippen LogP contribution >= 0.6 is 11.3 Å². The van der Waals surface area contributed by atoms with Crippen LogP contribution in [0.2, 0.25) is 0 Å². The average molecular weight is 398 g/mol. The Labute approximate surface area is 165 Å². The quantitative estimate of drug-likeness (QED) is 0.472. The first-order valence-corrected chi connectivity index (χ1v) is 11.2. The summed E-state index contributed by atoms with van der Waals surface area (Å²) in [5.41, 5.74) is 8.58. The van der Waals surface area contributed by atoms with Crippen molar-refractivity contribution in [1.82, 2.24) is 14.6 Å². The third-order valence-electron chi connectivity index (χ3n) is 5.42. The van der Waals surface area contributed by atoms with E-state index in [1.54, 1.807) is 11.3 Å². The fourth-order valence-corrected chi connectivity index (χ4v) is 5.60. The molecule has 27 heavy (non-hydrogen) atoms. The number of pyridine rings is 1. The van der Waals surface area contributed by atoms with Gasteiger partial charge in [-0.2, -0.15) is 5.10 Å². The van der Waals surface area contributed by atoms with E-state index in [0.717, 1.165) is 42.6 Å². The van der Waals surface area contributed by atoms with Gasteiger partial charge in [-0.3, -0.25) is 4.21 Å². The van der Waals surface area contributed by atoms with Crippen LogP contribution in [0.4, 0.5) is 0 Å². The first-order valence-electron chi connectivity index (χ1n) is 9.08. The van der Waals surface area contributed by atoms with Crippen LogP contribution in [-0.2, 0) is 10.8 Å². The van der Waals surface area contributed by atoms with E-state index in [-0.39, 0.29) is 0 Å². The van der Waals surface area contributed by atoms with Gasteiger partial charge in [-0.25, -0.2) is 9.50 Å². The third kappa shape index (κ3) is 2.74. The van der Waals surface area contributed by atoms with Crippen LogP contribution in [0.25, 0.3) is 26.4 Å². The molecule has 140 valence electrons. The molecule has 4 aromatic rings. The molecule has 1 atom stereocenters. The summed E-state index contributed by atoms with van der Waals surface area (Å²) in [5, 5.41) is 5.74. The lowest BCUT2D eigenvalue weighted by Crippen LogP contribution is -2.03. The Morgan fingerprint density at radius 3 is 2.52 bits per heavy atom. The van der Waals surface area contributed by atoms with Crippen LogP contribution in [0, 0.1) is 34.6 Å². The normalized spacial score (nSPS) is 13.0. The zero-order valence-electron chi connectivity index (χ0n) is 16.5. The molecule has 3 aromatic heterocycles. The molecule has 0 fully saturated rings. The van der Waals surface area contributed by atoms with Crippen molar-refractivity contribution >= 4 is 37.9 Å². The number of aromatic nitrogens is 3. The van der Waals surface area contributed by atoms with Crippen molar-refractivity contribution in [1.29, 1.82) is 0 Å². The van der Waals surface area contributed by atoms with Crippen molar-refractivity contribution in [2.75, 3.05) is 5.75 Å². The van der Waals surface area contributed by atoms with Gasteiger partial charge in [0.1, 0.15) is 10.7 Å². The van der Waals surface area contributed by atoms with Crippen LogP contribution in [0.1, 0.15) is 34.9 Å². The molecular formula is C21H23N3OS2. The van der Waals surface area contributed by atoms with Crippen LogP contribution in [0.15, 0.2) is 23.1 Å². The van der Waals surface area contributed by atoms with Gasteiger partial charge in [0.25, 0.3) is 0 Å². The van der Waals surface area contributed by atoms with Crippen molar-refractivity contribution in [3.8, 4) is 10.7 Å². The van der Waals surface area contributed by atoms with Crippen molar-refractivity contribution in [3.05, 3.63) is 46.1 Å². The van der Waals surface area contributed by atoms with Crippen molar-refractivity contribution in [3.63, 3.8) is 0 Å². The van der Waals surface area contributed by atoms with Gasteiger partial charge in [0.05, 0.1) is 31.4 Å². The molecule has 0 saturated heterocycles. The maximum absolute atomic E-state index is 13.0. The van der Waals surface area contributed by atoms with Gasteiger partial charge >= 0.3 is 0 Å². The molecule has 0 aliphatic carbocycles. The van der Waals surface area contributed by atoms with Crippen LogP contribution in [0.3, 0.4) is 0 Å².